The molecule has 2 rings (SSSR count). The van der Waals surface area contributed by atoms with E-state index in [2.05, 4.69) is 10.3 Å². The Kier molecular flexibility index (Phi) is 4.68. The van der Waals surface area contributed by atoms with Gasteiger partial charge in [-0.1, -0.05) is 19.3 Å². The van der Waals surface area contributed by atoms with Gasteiger partial charge in [-0.2, -0.15) is 0 Å². The van der Waals surface area contributed by atoms with E-state index in [1.54, 1.807) is 0 Å². The predicted molar refractivity (Wildman–Crippen MR) is 68.5 cm³/mol. The van der Waals surface area contributed by atoms with Gasteiger partial charge < -0.3 is 5.32 Å². The lowest BCUT2D eigenvalue weighted by Crippen LogP contribution is -2.20. The zero-order chi connectivity index (χ0) is 13.7. The quantitative estimate of drug-likeness (QED) is 0.578. The SMILES string of the molecule is O=C(NO)c1cnc(NCC2CCCCC2)c(F)c1. The van der Waals surface area contributed by atoms with Gasteiger partial charge in [0.2, 0.25) is 0 Å². The summed E-state index contributed by atoms with van der Waals surface area (Å²) in [5.74, 6) is -0.641. The number of anilines is 1. The molecule has 19 heavy (non-hydrogen) atoms. The first kappa shape index (κ1) is 13.7. The van der Waals surface area contributed by atoms with Crippen molar-refractivity contribution in [2.75, 3.05) is 11.9 Å². The van der Waals surface area contributed by atoms with Crippen molar-refractivity contribution in [3.05, 3.63) is 23.6 Å². The van der Waals surface area contributed by atoms with Crippen LogP contribution < -0.4 is 10.8 Å². The summed E-state index contributed by atoms with van der Waals surface area (Å²) in [7, 11) is 0. The molecule has 0 aliphatic heterocycles. The van der Waals surface area contributed by atoms with Gasteiger partial charge in [-0.15, -0.1) is 0 Å². The summed E-state index contributed by atoms with van der Waals surface area (Å²) in [5.41, 5.74) is 1.43. The van der Waals surface area contributed by atoms with Gasteiger partial charge in [0.25, 0.3) is 5.91 Å². The van der Waals surface area contributed by atoms with Gasteiger partial charge in [-0.25, -0.2) is 14.9 Å². The summed E-state index contributed by atoms with van der Waals surface area (Å²) in [6.07, 6.45) is 7.32. The molecular weight excluding hydrogens is 249 g/mol. The minimum atomic E-state index is -0.773. The zero-order valence-electron chi connectivity index (χ0n) is 10.7. The lowest BCUT2D eigenvalue weighted by atomic mass is 9.89. The number of hydroxylamine groups is 1. The molecule has 1 fully saturated rings. The van der Waals surface area contributed by atoms with Crippen LogP contribution in [0.1, 0.15) is 42.5 Å². The summed E-state index contributed by atoms with van der Waals surface area (Å²) in [4.78, 5) is 15.0. The van der Waals surface area contributed by atoms with Gasteiger partial charge in [-0.3, -0.25) is 10.0 Å². The third-order valence-corrected chi connectivity index (χ3v) is 3.49. The fourth-order valence-electron chi connectivity index (χ4n) is 2.39. The first-order valence-electron chi connectivity index (χ1n) is 6.54. The highest BCUT2D eigenvalue weighted by Gasteiger charge is 2.15. The Morgan fingerprint density at radius 2 is 2.16 bits per heavy atom. The third kappa shape index (κ3) is 3.64. The maximum Gasteiger partial charge on any atom is 0.276 e. The number of nitrogens with zero attached hydrogens (tertiary/aromatic N) is 1. The van der Waals surface area contributed by atoms with Crippen LogP contribution in [0, 0.1) is 11.7 Å². The van der Waals surface area contributed by atoms with E-state index in [0.717, 1.165) is 6.07 Å². The summed E-state index contributed by atoms with van der Waals surface area (Å²) in [5, 5.41) is 11.4. The molecule has 1 aromatic heterocycles. The van der Waals surface area contributed by atoms with E-state index in [-0.39, 0.29) is 11.4 Å². The standard InChI is InChI=1S/C13H18FN3O2/c14-11-6-10(13(18)17-19)8-16-12(11)15-7-9-4-2-1-3-5-9/h6,8-9,19H,1-5,7H2,(H,15,16)(H,17,18). The van der Waals surface area contributed by atoms with Gasteiger partial charge in [-0.05, 0) is 24.8 Å². The fraction of sp³-hybridized carbons (Fsp3) is 0.538. The van der Waals surface area contributed by atoms with Gasteiger partial charge in [0, 0.05) is 12.7 Å². The molecule has 0 bridgehead atoms. The average molecular weight is 267 g/mol. The van der Waals surface area contributed by atoms with Crippen LogP contribution in [0.15, 0.2) is 12.3 Å². The maximum absolute atomic E-state index is 13.7. The monoisotopic (exact) mass is 267 g/mol. The normalized spacial score (nSPS) is 16.1. The number of hydrogen-bond acceptors (Lipinski definition) is 4. The molecule has 0 spiro atoms. The highest BCUT2D eigenvalue weighted by Crippen LogP contribution is 2.24. The third-order valence-electron chi connectivity index (χ3n) is 3.49. The molecule has 5 nitrogen and oxygen atoms in total. The number of carbonyl (C=O) groups excluding carboxylic acids is 1. The lowest BCUT2D eigenvalue weighted by molar-refractivity contribution is 0.0705. The van der Waals surface area contributed by atoms with Crippen molar-refractivity contribution in [3.63, 3.8) is 0 Å². The maximum atomic E-state index is 13.7. The van der Waals surface area contributed by atoms with Crippen LogP contribution >= 0.6 is 0 Å². The second kappa shape index (κ2) is 6.47. The van der Waals surface area contributed by atoms with E-state index in [1.165, 1.54) is 43.8 Å². The molecule has 6 heteroatoms. The van der Waals surface area contributed by atoms with Gasteiger partial charge in [0.1, 0.15) is 0 Å². The summed E-state index contributed by atoms with van der Waals surface area (Å²) in [6.45, 7) is 0.704. The Balaban J connectivity index is 1.95. The molecule has 1 aromatic rings. The van der Waals surface area contributed by atoms with Crippen LogP contribution in [0.4, 0.5) is 10.2 Å². The number of rotatable bonds is 4. The van der Waals surface area contributed by atoms with Crippen LogP contribution in [-0.2, 0) is 0 Å². The number of amides is 1. The molecule has 0 aromatic carbocycles. The molecule has 0 saturated heterocycles. The molecule has 3 N–H and O–H groups in total. The van der Waals surface area contributed by atoms with Crippen LogP contribution in [0.3, 0.4) is 0 Å². The van der Waals surface area contributed by atoms with E-state index < -0.39 is 11.7 Å². The molecule has 1 aliphatic carbocycles. The summed E-state index contributed by atoms with van der Waals surface area (Å²) >= 11 is 0. The van der Waals surface area contributed by atoms with Crippen molar-refractivity contribution in [3.8, 4) is 0 Å². The Labute approximate surface area is 111 Å². The topological polar surface area (TPSA) is 74.2 Å². The lowest BCUT2D eigenvalue weighted by Gasteiger charge is -2.22. The number of aromatic nitrogens is 1. The smallest absolute Gasteiger partial charge is 0.276 e. The van der Waals surface area contributed by atoms with Crippen molar-refractivity contribution >= 4 is 11.7 Å². The fourth-order valence-corrected chi connectivity index (χ4v) is 2.39. The van der Waals surface area contributed by atoms with Crippen molar-refractivity contribution in [1.82, 2.24) is 10.5 Å². The molecule has 0 radical (unpaired) electrons. The number of hydrogen-bond donors (Lipinski definition) is 3. The van der Waals surface area contributed by atoms with Crippen molar-refractivity contribution in [2.45, 2.75) is 32.1 Å². The van der Waals surface area contributed by atoms with E-state index in [1.807, 2.05) is 0 Å². The molecule has 0 atom stereocenters. The van der Waals surface area contributed by atoms with Gasteiger partial charge >= 0.3 is 0 Å². The predicted octanol–water partition coefficient (Wildman–Crippen LogP) is 2.33. The van der Waals surface area contributed by atoms with E-state index in [0.29, 0.717) is 12.5 Å². The highest BCUT2D eigenvalue weighted by molar-refractivity contribution is 5.93. The second-order valence-electron chi connectivity index (χ2n) is 4.88. The molecule has 0 unspecified atom stereocenters. The number of nitrogens with one attached hydrogen (secondary N) is 2. The number of pyridine rings is 1. The molecule has 1 saturated carbocycles. The minimum Gasteiger partial charge on any atom is -0.367 e. The van der Waals surface area contributed by atoms with Crippen molar-refractivity contribution < 1.29 is 14.4 Å². The summed E-state index contributed by atoms with van der Waals surface area (Å²) in [6, 6.07) is 1.06. The van der Waals surface area contributed by atoms with Crippen LogP contribution in [0.25, 0.3) is 0 Å². The Morgan fingerprint density at radius 3 is 2.79 bits per heavy atom. The molecule has 1 heterocycles. The van der Waals surface area contributed by atoms with E-state index in [9.17, 15) is 9.18 Å². The first-order chi connectivity index (χ1) is 9.20. The minimum absolute atomic E-state index is 0.0109. The Hall–Kier alpha value is -1.69. The summed E-state index contributed by atoms with van der Waals surface area (Å²) < 4.78 is 13.7. The Morgan fingerprint density at radius 1 is 1.42 bits per heavy atom. The number of carbonyl (C=O) groups is 1. The molecule has 104 valence electrons. The van der Waals surface area contributed by atoms with Gasteiger partial charge in [0.15, 0.2) is 11.6 Å². The van der Waals surface area contributed by atoms with Crippen molar-refractivity contribution in [1.29, 1.82) is 0 Å². The number of halogens is 1. The Bertz CT molecular complexity index is 448. The largest absolute Gasteiger partial charge is 0.367 e. The van der Waals surface area contributed by atoms with Crippen LogP contribution in [0.5, 0.6) is 0 Å². The van der Waals surface area contributed by atoms with Crippen molar-refractivity contribution in [2.24, 2.45) is 5.92 Å². The highest BCUT2D eigenvalue weighted by atomic mass is 19.1. The molecule has 1 aliphatic rings. The van der Waals surface area contributed by atoms with Gasteiger partial charge in [0.05, 0.1) is 5.56 Å². The first-order valence-corrected chi connectivity index (χ1v) is 6.54. The van der Waals surface area contributed by atoms with E-state index in [4.69, 9.17) is 5.21 Å². The molecule has 1 amide bonds. The molecular formula is C13H18FN3O2. The zero-order valence-corrected chi connectivity index (χ0v) is 10.7. The average Bonchev–Trinajstić information content (AvgIpc) is 2.46. The van der Waals surface area contributed by atoms with E-state index >= 15 is 0 Å². The van der Waals surface area contributed by atoms with Crippen LogP contribution in [0.2, 0.25) is 0 Å². The van der Waals surface area contributed by atoms with Crippen LogP contribution in [-0.4, -0.2) is 22.6 Å². The second-order valence-corrected chi connectivity index (χ2v) is 4.88.